The first-order valence-corrected chi connectivity index (χ1v) is 12.9. The summed E-state index contributed by atoms with van der Waals surface area (Å²) >= 11 is 1.22. The van der Waals surface area contributed by atoms with E-state index >= 15 is 0 Å². The first-order chi connectivity index (χ1) is 16.3. The van der Waals surface area contributed by atoms with Crippen LogP contribution in [0.25, 0.3) is 11.3 Å². The number of carbonyl (C=O) groups is 2. The Morgan fingerprint density at radius 3 is 2.29 bits per heavy atom. The van der Waals surface area contributed by atoms with E-state index < -0.39 is 15.9 Å². The van der Waals surface area contributed by atoms with Gasteiger partial charge < -0.3 is 5.32 Å². The SMILES string of the molecule is CC(=O)Nc1ccc(S(=O)(=O)N2CCC(c3nc(-c4ccccc4)c(C(=O)NO)s3)CC2)cc1. The Morgan fingerprint density at radius 1 is 1.06 bits per heavy atom. The number of nitrogens with one attached hydrogen (secondary N) is 2. The number of hydrogen-bond donors (Lipinski definition) is 3. The predicted octanol–water partition coefficient (Wildman–Crippen LogP) is 3.46. The van der Waals surface area contributed by atoms with Crippen molar-refractivity contribution in [2.75, 3.05) is 18.4 Å². The normalized spacial score (nSPS) is 15.1. The lowest BCUT2D eigenvalue weighted by Crippen LogP contribution is -2.37. The second-order valence-corrected chi connectivity index (χ2v) is 10.9. The highest BCUT2D eigenvalue weighted by Crippen LogP contribution is 2.37. The van der Waals surface area contributed by atoms with Crippen molar-refractivity contribution >= 4 is 38.9 Å². The summed E-state index contributed by atoms with van der Waals surface area (Å²) in [4.78, 5) is 28.6. The van der Waals surface area contributed by atoms with Gasteiger partial charge >= 0.3 is 0 Å². The average Bonchev–Trinajstić information content (AvgIpc) is 3.30. The number of aromatic nitrogens is 1. The topological polar surface area (TPSA) is 129 Å². The second kappa shape index (κ2) is 10.0. The van der Waals surface area contributed by atoms with Gasteiger partial charge in [-0.3, -0.25) is 14.8 Å². The second-order valence-electron chi connectivity index (χ2n) is 7.92. The molecule has 0 aliphatic carbocycles. The van der Waals surface area contributed by atoms with Crippen LogP contribution in [-0.4, -0.2) is 47.8 Å². The largest absolute Gasteiger partial charge is 0.326 e. The van der Waals surface area contributed by atoms with Gasteiger partial charge in [0, 0.05) is 37.2 Å². The van der Waals surface area contributed by atoms with E-state index in [-0.39, 0.29) is 16.7 Å². The zero-order valence-electron chi connectivity index (χ0n) is 18.4. The van der Waals surface area contributed by atoms with Crippen LogP contribution >= 0.6 is 11.3 Å². The van der Waals surface area contributed by atoms with Crippen LogP contribution in [0.4, 0.5) is 5.69 Å². The molecule has 34 heavy (non-hydrogen) atoms. The molecule has 1 fully saturated rings. The number of sulfonamides is 1. The minimum absolute atomic E-state index is 0.00120. The van der Waals surface area contributed by atoms with E-state index in [9.17, 15) is 18.0 Å². The van der Waals surface area contributed by atoms with Crippen LogP contribution < -0.4 is 10.8 Å². The van der Waals surface area contributed by atoms with Crippen LogP contribution in [0.5, 0.6) is 0 Å². The van der Waals surface area contributed by atoms with Crippen LogP contribution in [0.2, 0.25) is 0 Å². The smallest absolute Gasteiger partial charge is 0.287 e. The Labute approximate surface area is 201 Å². The summed E-state index contributed by atoms with van der Waals surface area (Å²) in [6, 6.07) is 15.4. The number of carbonyl (C=O) groups excluding carboxylic acids is 2. The molecular weight excluding hydrogens is 476 g/mol. The Balaban J connectivity index is 1.50. The molecule has 1 aliphatic heterocycles. The molecule has 0 bridgehead atoms. The Bertz CT molecular complexity index is 1280. The van der Waals surface area contributed by atoms with Crippen LogP contribution in [-0.2, 0) is 14.8 Å². The fourth-order valence-corrected chi connectivity index (χ4v) is 6.53. The molecule has 2 heterocycles. The van der Waals surface area contributed by atoms with Crippen molar-refractivity contribution in [3.63, 3.8) is 0 Å². The van der Waals surface area contributed by atoms with Gasteiger partial charge in [-0.15, -0.1) is 11.3 Å². The number of benzene rings is 2. The monoisotopic (exact) mass is 500 g/mol. The standard InChI is InChI=1S/C23H24N4O5S2/c1-15(28)24-18-7-9-19(10-8-18)34(31,32)27-13-11-17(12-14-27)23-25-20(16-5-3-2-4-6-16)21(33-23)22(29)26-30/h2-10,17,30H,11-14H2,1H3,(H,24,28)(H,26,29). The van der Waals surface area contributed by atoms with Gasteiger partial charge in [0.15, 0.2) is 0 Å². The van der Waals surface area contributed by atoms with E-state index in [2.05, 4.69) is 5.32 Å². The number of rotatable bonds is 6. The van der Waals surface area contributed by atoms with E-state index in [1.54, 1.807) is 17.6 Å². The summed E-state index contributed by atoms with van der Waals surface area (Å²) in [5, 5.41) is 12.5. The van der Waals surface area contributed by atoms with Crippen LogP contribution in [0.3, 0.4) is 0 Å². The van der Waals surface area contributed by atoms with Gasteiger partial charge in [0.2, 0.25) is 15.9 Å². The molecular formula is C23H24N4O5S2. The third-order valence-electron chi connectivity index (χ3n) is 5.61. The number of amides is 2. The van der Waals surface area contributed by atoms with Crippen molar-refractivity contribution in [1.82, 2.24) is 14.8 Å². The van der Waals surface area contributed by atoms with E-state index in [0.717, 1.165) is 10.6 Å². The summed E-state index contributed by atoms with van der Waals surface area (Å²) in [7, 11) is -3.67. The zero-order chi connectivity index (χ0) is 24.3. The summed E-state index contributed by atoms with van der Waals surface area (Å²) in [6.07, 6.45) is 1.12. The van der Waals surface area contributed by atoms with Crippen molar-refractivity contribution in [1.29, 1.82) is 0 Å². The van der Waals surface area contributed by atoms with Gasteiger partial charge in [-0.05, 0) is 37.1 Å². The van der Waals surface area contributed by atoms with Gasteiger partial charge in [0.1, 0.15) is 4.88 Å². The zero-order valence-corrected chi connectivity index (χ0v) is 20.0. The van der Waals surface area contributed by atoms with E-state index in [1.807, 2.05) is 30.3 Å². The molecule has 1 aromatic heterocycles. The van der Waals surface area contributed by atoms with Crippen LogP contribution in [0.1, 0.15) is 40.4 Å². The maximum atomic E-state index is 13.1. The molecule has 178 valence electrons. The molecule has 0 radical (unpaired) electrons. The first-order valence-electron chi connectivity index (χ1n) is 10.7. The molecule has 4 rings (SSSR count). The highest BCUT2D eigenvalue weighted by Gasteiger charge is 2.32. The summed E-state index contributed by atoms with van der Waals surface area (Å²) in [5.74, 6) is -0.846. The molecule has 2 amide bonds. The predicted molar refractivity (Wildman–Crippen MR) is 128 cm³/mol. The summed E-state index contributed by atoms with van der Waals surface area (Å²) in [5.41, 5.74) is 3.49. The minimum atomic E-state index is -3.67. The van der Waals surface area contributed by atoms with E-state index in [0.29, 0.717) is 42.2 Å². The van der Waals surface area contributed by atoms with Gasteiger partial charge in [0.25, 0.3) is 5.91 Å². The number of hydroxylamine groups is 1. The molecule has 3 N–H and O–H groups in total. The lowest BCUT2D eigenvalue weighted by atomic mass is 9.99. The molecule has 0 atom stereocenters. The molecule has 9 nitrogen and oxygen atoms in total. The number of anilines is 1. The molecule has 0 saturated carbocycles. The highest BCUT2D eigenvalue weighted by molar-refractivity contribution is 7.89. The third-order valence-corrected chi connectivity index (χ3v) is 8.74. The van der Waals surface area contributed by atoms with Gasteiger partial charge in [-0.1, -0.05) is 30.3 Å². The van der Waals surface area contributed by atoms with Crippen molar-refractivity contribution in [2.45, 2.75) is 30.6 Å². The maximum absolute atomic E-state index is 13.1. The minimum Gasteiger partial charge on any atom is -0.326 e. The number of thiazole rings is 1. The van der Waals surface area contributed by atoms with E-state index in [4.69, 9.17) is 10.2 Å². The fraction of sp³-hybridized carbons (Fsp3) is 0.261. The van der Waals surface area contributed by atoms with Crippen molar-refractivity contribution in [3.05, 3.63) is 64.5 Å². The molecule has 1 saturated heterocycles. The molecule has 0 unspecified atom stereocenters. The van der Waals surface area contributed by atoms with Crippen molar-refractivity contribution < 1.29 is 23.2 Å². The number of piperidine rings is 1. The Kier molecular flexibility index (Phi) is 7.08. The van der Waals surface area contributed by atoms with Crippen molar-refractivity contribution in [3.8, 4) is 11.3 Å². The Morgan fingerprint density at radius 2 is 1.71 bits per heavy atom. The fourth-order valence-electron chi connectivity index (χ4n) is 3.91. The quantitative estimate of drug-likeness (QED) is 0.351. The summed E-state index contributed by atoms with van der Waals surface area (Å²) in [6.45, 7) is 2.03. The molecule has 0 spiro atoms. The lowest BCUT2D eigenvalue weighted by molar-refractivity contribution is -0.114. The van der Waals surface area contributed by atoms with E-state index in [1.165, 1.54) is 34.7 Å². The highest BCUT2D eigenvalue weighted by atomic mass is 32.2. The lowest BCUT2D eigenvalue weighted by Gasteiger charge is -2.30. The maximum Gasteiger partial charge on any atom is 0.287 e. The first kappa shape index (κ1) is 24.0. The Hall–Kier alpha value is -3.12. The van der Waals surface area contributed by atoms with Crippen LogP contribution in [0, 0.1) is 0 Å². The molecule has 11 heteroatoms. The van der Waals surface area contributed by atoms with Crippen molar-refractivity contribution in [2.24, 2.45) is 0 Å². The number of nitrogens with zero attached hydrogens (tertiary/aromatic N) is 2. The number of hydrogen-bond acceptors (Lipinski definition) is 7. The average molecular weight is 501 g/mol. The molecule has 2 aromatic carbocycles. The van der Waals surface area contributed by atoms with Gasteiger partial charge in [-0.25, -0.2) is 18.9 Å². The third kappa shape index (κ3) is 5.02. The van der Waals surface area contributed by atoms with Gasteiger partial charge in [-0.2, -0.15) is 4.31 Å². The summed E-state index contributed by atoms with van der Waals surface area (Å²) < 4.78 is 27.6. The molecule has 3 aromatic rings. The van der Waals surface area contributed by atoms with Crippen LogP contribution in [0.15, 0.2) is 59.5 Å². The van der Waals surface area contributed by atoms with Gasteiger partial charge in [0.05, 0.1) is 15.6 Å². The molecule has 1 aliphatic rings.